The number of aromatic carboxylic acids is 1. The summed E-state index contributed by atoms with van der Waals surface area (Å²) >= 11 is 0.540. The van der Waals surface area contributed by atoms with Gasteiger partial charge < -0.3 is 19.9 Å². The van der Waals surface area contributed by atoms with Gasteiger partial charge in [0.25, 0.3) is 0 Å². The molecule has 1 aliphatic heterocycles. The summed E-state index contributed by atoms with van der Waals surface area (Å²) in [5.74, 6) is 0.742. The van der Waals surface area contributed by atoms with Crippen molar-refractivity contribution < 1.29 is 32.5 Å². The highest BCUT2D eigenvalue weighted by molar-refractivity contribution is 7.18. The van der Waals surface area contributed by atoms with Crippen LogP contribution in [0.25, 0.3) is 21.6 Å². The van der Waals surface area contributed by atoms with Crippen LogP contribution in [0.2, 0.25) is 0 Å². The van der Waals surface area contributed by atoms with E-state index in [9.17, 15) is 18.0 Å². The van der Waals surface area contributed by atoms with E-state index >= 15 is 0 Å². The molecule has 1 aliphatic rings. The van der Waals surface area contributed by atoms with Crippen molar-refractivity contribution in [2.75, 3.05) is 25.1 Å². The maximum atomic E-state index is 13.4. The predicted molar refractivity (Wildman–Crippen MR) is 124 cm³/mol. The molecule has 0 aliphatic carbocycles. The number of nitrogens with zero attached hydrogens (tertiary/aromatic N) is 2. The van der Waals surface area contributed by atoms with Crippen LogP contribution >= 0.6 is 11.3 Å². The lowest BCUT2D eigenvalue weighted by Gasteiger charge is -2.19. The SMILES string of the molecule is O=C(O)c1ccc(-c2nc(NCCc3ccc4c(c3)OCCO4)c3cc(C(F)(F)F)sc3n2)cc1. The fraction of sp³-hybridized carbons (Fsp3) is 0.208. The molecule has 2 aromatic carbocycles. The smallest absolute Gasteiger partial charge is 0.425 e. The number of thiophene rings is 1. The zero-order valence-electron chi connectivity index (χ0n) is 18.1. The van der Waals surface area contributed by atoms with Crippen molar-refractivity contribution in [3.8, 4) is 22.9 Å². The number of fused-ring (bicyclic) bond motifs is 2. The van der Waals surface area contributed by atoms with Gasteiger partial charge in [-0.3, -0.25) is 0 Å². The van der Waals surface area contributed by atoms with Crippen LogP contribution in [-0.2, 0) is 12.6 Å². The van der Waals surface area contributed by atoms with Gasteiger partial charge in [0.2, 0.25) is 0 Å². The second-order valence-corrected chi connectivity index (χ2v) is 8.79. The molecule has 0 spiro atoms. The first-order chi connectivity index (χ1) is 16.8. The van der Waals surface area contributed by atoms with E-state index in [2.05, 4.69) is 15.3 Å². The summed E-state index contributed by atoms with van der Waals surface area (Å²) in [5.41, 5.74) is 1.55. The molecule has 5 rings (SSSR count). The van der Waals surface area contributed by atoms with E-state index in [-0.39, 0.29) is 27.4 Å². The van der Waals surface area contributed by atoms with Crippen LogP contribution in [0.3, 0.4) is 0 Å². The van der Waals surface area contributed by atoms with Crippen LogP contribution < -0.4 is 14.8 Å². The minimum absolute atomic E-state index is 0.0862. The van der Waals surface area contributed by atoms with Gasteiger partial charge in [-0.25, -0.2) is 14.8 Å². The Morgan fingerprint density at radius 1 is 1.03 bits per heavy atom. The Bertz CT molecular complexity index is 1400. The van der Waals surface area contributed by atoms with E-state index in [1.165, 1.54) is 24.3 Å². The summed E-state index contributed by atoms with van der Waals surface area (Å²) in [6, 6.07) is 12.5. The van der Waals surface area contributed by atoms with Gasteiger partial charge in [-0.2, -0.15) is 13.2 Å². The van der Waals surface area contributed by atoms with Gasteiger partial charge in [0, 0.05) is 12.1 Å². The number of anilines is 1. The van der Waals surface area contributed by atoms with Crippen LogP contribution in [0.1, 0.15) is 20.8 Å². The van der Waals surface area contributed by atoms with Crippen molar-refractivity contribution in [3.63, 3.8) is 0 Å². The van der Waals surface area contributed by atoms with E-state index in [1.54, 1.807) is 0 Å². The zero-order chi connectivity index (χ0) is 24.6. The average Bonchev–Trinajstić information content (AvgIpc) is 3.29. The number of carboxylic acids is 1. The third-order valence-electron chi connectivity index (χ3n) is 5.37. The van der Waals surface area contributed by atoms with Crippen molar-refractivity contribution in [3.05, 3.63) is 64.5 Å². The van der Waals surface area contributed by atoms with Crippen molar-refractivity contribution in [2.45, 2.75) is 12.6 Å². The molecule has 0 radical (unpaired) electrons. The summed E-state index contributed by atoms with van der Waals surface area (Å²) in [5, 5.41) is 12.5. The second-order valence-electron chi connectivity index (χ2n) is 7.76. The molecule has 3 heterocycles. The second kappa shape index (κ2) is 9.06. The molecular weight excluding hydrogens is 483 g/mol. The third-order valence-corrected chi connectivity index (χ3v) is 6.45. The average molecular weight is 501 g/mol. The molecule has 0 bridgehead atoms. The number of ether oxygens (including phenoxy) is 2. The van der Waals surface area contributed by atoms with E-state index in [0.29, 0.717) is 54.6 Å². The van der Waals surface area contributed by atoms with E-state index in [0.717, 1.165) is 11.6 Å². The zero-order valence-corrected chi connectivity index (χ0v) is 18.9. The Kier molecular flexibility index (Phi) is 5.93. The maximum absolute atomic E-state index is 13.4. The van der Waals surface area contributed by atoms with Crippen molar-refractivity contribution in [2.24, 2.45) is 0 Å². The number of aromatic nitrogens is 2. The normalized spacial score (nSPS) is 13.1. The number of halogens is 3. The number of carboxylic acid groups (broad SMARTS) is 1. The molecule has 0 atom stereocenters. The van der Waals surface area contributed by atoms with Crippen LogP contribution in [0.5, 0.6) is 11.5 Å². The third kappa shape index (κ3) is 4.85. The number of carbonyl (C=O) groups is 1. The maximum Gasteiger partial charge on any atom is 0.425 e. The minimum Gasteiger partial charge on any atom is -0.486 e. The van der Waals surface area contributed by atoms with Crippen molar-refractivity contribution in [1.82, 2.24) is 9.97 Å². The Labute approximate surface area is 201 Å². The molecule has 180 valence electrons. The Morgan fingerprint density at radius 2 is 1.77 bits per heavy atom. The van der Waals surface area contributed by atoms with Crippen molar-refractivity contribution >= 4 is 33.3 Å². The molecule has 0 amide bonds. The summed E-state index contributed by atoms with van der Waals surface area (Å²) in [6.45, 7) is 1.38. The number of rotatable bonds is 6. The first-order valence-electron chi connectivity index (χ1n) is 10.6. The molecule has 0 saturated carbocycles. The van der Waals surface area contributed by atoms with Gasteiger partial charge in [-0.05, 0) is 42.3 Å². The van der Waals surface area contributed by atoms with Gasteiger partial charge >= 0.3 is 12.1 Å². The van der Waals surface area contributed by atoms with Gasteiger partial charge in [-0.1, -0.05) is 18.2 Å². The summed E-state index contributed by atoms with van der Waals surface area (Å²) in [4.78, 5) is 19.3. The molecular formula is C24H18F3N3O4S. The molecule has 0 fully saturated rings. The predicted octanol–water partition coefficient (Wildman–Crippen LogP) is 5.50. The Balaban J connectivity index is 1.44. The number of alkyl halides is 3. The fourth-order valence-electron chi connectivity index (χ4n) is 3.66. The first-order valence-corrected chi connectivity index (χ1v) is 11.4. The largest absolute Gasteiger partial charge is 0.486 e. The standard InChI is InChI=1S/C24H18F3N3O4S/c25-24(26,27)19-12-16-21(28-8-7-13-1-6-17-18(11-13)34-10-9-33-17)29-20(30-22(16)35-19)14-2-4-15(5-3-14)23(31)32/h1-6,11-12H,7-10H2,(H,31,32)(H,28,29,30). The van der Waals surface area contributed by atoms with Gasteiger partial charge in [0.15, 0.2) is 17.3 Å². The quantitative estimate of drug-likeness (QED) is 0.360. The molecule has 2 N–H and O–H groups in total. The highest BCUT2D eigenvalue weighted by atomic mass is 32.1. The van der Waals surface area contributed by atoms with Crippen LogP contribution in [0.15, 0.2) is 48.5 Å². The lowest BCUT2D eigenvalue weighted by atomic mass is 10.1. The first kappa shape index (κ1) is 22.9. The van der Waals surface area contributed by atoms with Crippen LogP contribution in [-0.4, -0.2) is 40.8 Å². The lowest BCUT2D eigenvalue weighted by molar-refractivity contribution is -0.134. The number of benzene rings is 2. The van der Waals surface area contributed by atoms with Gasteiger partial charge in [0.1, 0.15) is 28.7 Å². The fourth-order valence-corrected chi connectivity index (χ4v) is 4.55. The molecule has 0 saturated heterocycles. The summed E-state index contributed by atoms with van der Waals surface area (Å²) < 4.78 is 51.3. The van der Waals surface area contributed by atoms with Gasteiger partial charge in [0.05, 0.1) is 10.9 Å². The van der Waals surface area contributed by atoms with E-state index in [1.807, 2.05) is 18.2 Å². The highest BCUT2D eigenvalue weighted by Crippen LogP contribution is 2.40. The minimum atomic E-state index is -4.50. The van der Waals surface area contributed by atoms with Crippen LogP contribution in [0.4, 0.5) is 19.0 Å². The molecule has 0 unspecified atom stereocenters. The van der Waals surface area contributed by atoms with Crippen molar-refractivity contribution in [1.29, 1.82) is 0 Å². The van der Waals surface area contributed by atoms with Gasteiger partial charge in [-0.15, -0.1) is 11.3 Å². The molecule has 35 heavy (non-hydrogen) atoms. The van der Waals surface area contributed by atoms with E-state index in [4.69, 9.17) is 14.6 Å². The van der Waals surface area contributed by atoms with E-state index < -0.39 is 17.0 Å². The summed E-state index contributed by atoms with van der Waals surface area (Å²) in [7, 11) is 0. The molecule has 7 nitrogen and oxygen atoms in total. The Morgan fingerprint density at radius 3 is 2.49 bits per heavy atom. The lowest BCUT2D eigenvalue weighted by Crippen LogP contribution is -2.15. The topological polar surface area (TPSA) is 93.6 Å². The molecule has 11 heteroatoms. The number of hydrogen-bond donors (Lipinski definition) is 2. The highest BCUT2D eigenvalue weighted by Gasteiger charge is 2.33. The number of hydrogen-bond acceptors (Lipinski definition) is 7. The molecule has 4 aromatic rings. The summed E-state index contributed by atoms with van der Waals surface area (Å²) in [6.07, 6.45) is -3.93. The number of nitrogens with one attached hydrogen (secondary N) is 1. The molecule has 2 aromatic heterocycles. The monoisotopic (exact) mass is 501 g/mol. The Hall–Kier alpha value is -3.86. The van der Waals surface area contributed by atoms with Crippen LogP contribution in [0, 0.1) is 0 Å².